The van der Waals surface area contributed by atoms with Crippen LogP contribution in [0.2, 0.25) is 5.02 Å². The van der Waals surface area contributed by atoms with E-state index in [0.29, 0.717) is 18.8 Å². The highest BCUT2D eigenvalue weighted by molar-refractivity contribution is 6.31. The summed E-state index contributed by atoms with van der Waals surface area (Å²) in [5, 5.41) is 2.67. The van der Waals surface area contributed by atoms with Crippen LogP contribution in [0.1, 0.15) is 19.8 Å². The van der Waals surface area contributed by atoms with Gasteiger partial charge >= 0.3 is 5.97 Å². The van der Waals surface area contributed by atoms with Crippen LogP contribution in [-0.2, 0) is 14.3 Å². The number of halogens is 2. The number of carbonyl (C=O) groups is 2. The Labute approximate surface area is 139 Å². The maximum Gasteiger partial charge on any atom is 0.314 e. The Bertz CT molecular complexity index is 582. The van der Waals surface area contributed by atoms with Gasteiger partial charge in [0.05, 0.1) is 24.7 Å². The van der Waals surface area contributed by atoms with Crippen LogP contribution in [0, 0.1) is 11.7 Å². The minimum Gasteiger partial charge on any atom is -0.466 e. The van der Waals surface area contributed by atoms with Crippen LogP contribution in [0.25, 0.3) is 0 Å². The van der Waals surface area contributed by atoms with Gasteiger partial charge in [0.25, 0.3) is 5.91 Å². The number of carbonyl (C=O) groups excluding carboxylic acids is 2. The minimum absolute atomic E-state index is 0.0319. The molecule has 2 rings (SSSR count). The van der Waals surface area contributed by atoms with E-state index in [9.17, 15) is 14.0 Å². The van der Waals surface area contributed by atoms with Crippen molar-refractivity contribution in [3.63, 3.8) is 0 Å². The second-order valence-electron chi connectivity index (χ2n) is 5.65. The van der Waals surface area contributed by atoms with Gasteiger partial charge in [0.1, 0.15) is 11.7 Å². The predicted octanol–water partition coefficient (Wildman–Crippen LogP) is 1.28. The normalized spacial score (nSPS) is 20.8. The summed E-state index contributed by atoms with van der Waals surface area (Å²) in [4.78, 5) is 24.9. The molecule has 1 heterocycles. The van der Waals surface area contributed by atoms with Crippen molar-refractivity contribution in [1.29, 1.82) is 0 Å². The largest absolute Gasteiger partial charge is 0.466 e. The molecule has 7 heteroatoms. The third-order valence-corrected chi connectivity index (χ3v) is 4.14. The first kappa shape index (κ1) is 17.7. The predicted molar refractivity (Wildman–Crippen MR) is 85.0 cm³/mol. The summed E-state index contributed by atoms with van der Waals surface area (Å²) in [5.74, 6) is -1.04. The molecule has 0 bridgehead atoms. The summed E-state index contributed by atoms with van der Waals surface area (Å²) in [6.45, 7) is 3.85. The molecule has 1 aromatic rings. The highest BCUT2D eigenvalue weighted by atomic mass is 35.5. The molecule has 0 radical (unpaired) electrons. The van der Waals surface area contributed by atoms with Crippen molar-refractivity contribution in [3.8, 4) is 0 Å². The van der Waals surface area contributed by atoms with E-state index in [0.717, 1.165) is 24.3 Å². The van der Waals surface area contributed by atoms with Crippen molar-refractivity contribution < 1.29 is 23.6 Å². The number of quaternary nitrogens is 1. The van der Waals surface area contributed by atoms with Gasteiger partial charge in [-0.05, 0) is 38.0 Å². The molecule has 2 N–H and O–H groups in total. The molecule has 1 aromatic carbocycles. The van der Waals surface area contributed by atoms with Gasteiger partial charge in [-0.1, -0.05) is 11.6 Å². The highest BCUT2D eigenvalue weighted by Crippen LogP contribution is 2.19. The van der Waals surface area contributed by atoms with Crippen molar-refractivity contribution in [1.82, 2.24) is 0 Å². The highest BCUT2D eigenvalue weighted by Gasteiger charge is 2.30. The van der Waals surface area contributed by atoms with Crippen LogP contribution in [0.15, 0.2) is 18.2 Å². The van der Waals surface area contributed by atoms with Gasteiger partial charge in [-0.15, -0.1) is 0 Å². The molecular formula is C16H21ClFN2O3+. The van der Waals surface area contributed by atoms with E-state index in [1.807, 2.05) is 0 Å². The Morgan fingerprint density at radius 1 is 1.48 bits per heavy atom. The molecule has 1 unspecified atom stereocenters. The molecular weight excluding hydrogens is 323 g/mol. The zero-order chi connectivity index (χ0) is 16.8. The van der Waals surface area contributed by atoms with Crippen molar-refractivity contribution in [2.24, 2.45) is 5.92 Å². The van der Waals surface area contributed by atoms with Crippen LogP contribution in [0.4, 0.5) is 10.1 Å². The SMILES string of the molecule is CCOC(=O)[C@H]1CCC[NH+](CC(=O)Nc2ccc(F)c(Cl)c2)C1. The fraction of sp³-hybridized carbons (Fsp3) is 0.500. The van der Waals surface area contributed by atoms with Gasteiger partial charge in [-0.25, -0.2) is 4.39 Å². The summed E-state index contributed by atoms with van der Waals surface area (Å²) in [6, 6.07) is 4.05. The molecule has 5 nitrogen and oxygen atoms in total. The molecule has 1 fully saturated rings. The third-order valence-electron chi connectivity index (χ3n) is 3.85. The summed E-state index contributed by atoms with van der Waals surface area (Å²) in [5.41, 5.74) is 0.458. The number of rotatable bonds is 5. The second kappa shape index (κ2) is 8.26. The number of nitrogens with one attached hydrogen (secondary N) is 2. The molecule has 0 aliphatic carbocycles. The smallest absolute Gasteiger partial charge is 0.314 e. The van der Waals surface area contributed by atoms with Crippen molar-refractivity contribution in [2.45, 2.75) is 19.8 Å². The topological polar surface area (TPSA) is 59.8 Å². The summed E-state index contributed by atoms with van der Waals surface area (Å²) >= 11 is 5.69. The summed E-state index contributed by atoms with van der Waals surface area (Å²) in [7, 11) is 0. The Morgan fingerprint density at radius 3 is 2.96 bits per heavy atom. The first-order valence-electron chi connectivity index (χ1n) is 7.74. The van der Waals surface area contributed by atoms with Crippen LogP contribution < -0.4 is 10.2 Å². The van der Waals surface area contributed by atoms with Crippen molar-refractivity contribution >= 4 is 29.2 Å². The van der Waals surface area contributed by atoms with Crippen LogP contribution in [-0.4, -0.2) is 38.1 Å². The number of piperidine rings is 1. The maximum atomic E-state index is 13.1. The Balaban J connectivity index is 1.86. The molecule has 0 aromatic heterocycles. The lowest BCUT2D eigenvalue weighted by Gasteiger charge is -2.28. The quantitative estimate of drug-likeness (QED) is 0.792. The number of esters is 1. The van der Waals surface area contributed by atoms with Crippen LogP contribution in [0.5, 0.6) is 0 Å². The van der Waals surface area contributed by atoms with Crippen molar-refractivity contribution in [3.05, 3.63) is 29.0 Å². The zero-order valence-electron chi connectivity index (χ0n) is 13.0. The number of hydrogen-bond acceptors (Lipinski definition) is 3. The number of likely N-dealkylation sites (tertiary alicyclic amines) is 1. The first-order valence-corrected chi connectivity index (χ1v) is 8.12. The standard InChI is InChI=1S/C16H20ClFN2O3/c1-2-23-16(22)11-4-3-7-20(9-11)10-15(21)19-12-5-6-14(18)13(17)8-12/h5-6,8,11H,2-4,7,9-10H2,1H3,(H,19,21)/p+1/t11-/m0/s1. The number of anilines is 1. The van der Waals surface area contributed by atoms with Gasteiger partial charge in [0.2, 0.25) is 0 Å². The maximum absolute atomic E-state index is 13.1. The lowest BCUT2D eigenvalue weighted by Crippen LogP contribution is -3.14. The second-order valence-corrected chi connectivity index (χ2v) is 6.06. The lowest BCUT2D eigenvalue weighted by atomic mass is 9.98. The van der Waals surface area contributed by atoms with E-state index in [4.69, 9.17) is 16.3 Å². The van der Waals surface area contributed by atoms with Gasteiger partial charge < -0.3 is 15.0 Å². The molecule has 1 aliphatic heterocycles. The van der Waals surface area contributed by atoms with E-state index >= 15 is 0 Å². The lowest BCUT2D eigenvalue weighted by molar-refractivity contribution is -0.899. The average molecular weight is 344 g/mol. The molecule has 0 spiro atoms. The van der Waals surface area contributed by atoms with E-state index in [-0.39, 0.29) is 29.4 Å². The van der Waals surface area contributed by atoms with Crippen LogP contribution >= 0.6 is 11.6 Å². The molecule has 1 saturated heterocycles. The van der Waals surface area contributed by atoms with Gasteiger partial charge in [0, 0.05) is 5.69 Å². The average Bonchev–Trinajstić information content (AvgIpc) is 2.51. The van der Waals surface area contributed by atoms with E-state index in [2.05, 4.69) is 5.32 Å². The van der Waals surface area contributed by atoms with E-state index in [1.165, 1.54) is 18.2 Å². The van der Waals surface area contributed by atoms with E-state index < -0.39 is 5.82 Å². The fourth-order valence-electron chi connectivity index (χ4n) is 2.78. The first-order chi connectivity index (χ1) is 11.0. The molecule has 2 atom stereocenters. The summed E-state index contributed by atoms with van der Waals surface area (Å²) < 4.78 is 18.1. The zero-order valence-corrected chi connectivity index (χ0v) is 13.8. The van der Waals surface area contributed by atoms with Gasteiger partial charge in [-0.2, -0.15) is 0 Å². The van der Waals surface area contributed by atoms with Crippen LogP contribution in [0.3, 0.4) is 0 Å². The van der Waals surface area contributed by atoms with Gasteiger partial charge in [-0.3, -0.25) is 9.59 Å². The number of hydrogen-bond donors (Lipinski definition) is 2. The molecule has 23 heavy (non-hydrogen) atoms. The third kappa shape index (κ3) is 5.18. The molecule has 1 amide bonds. The Hall–Kier alpha value is -1.66. The van der Waals surface area contributed by atoms with E-state index in [1.54, 1.807) is 6.92 Å². The monoisotopic (exact) mass is 343 g/mol. The Kier molecular flexibility index (Phi) is 6.36. The molecule has 126 valence electrons. The Morgan fingerprint density at radius 2 is 2.26 bits per heavy atom. The summed E-state index contributed by atoms with van der Waals surface area (Å²) in [6.07, 6.45) is 1.69. The molecule has 1 aliphatic rings. The number of amides is 1. The fourth-order valence-corrected chi connectivity index (χ4v) is 2.96. The van der Waals surface area contributed by atoms with Gasteiger partial charge in [0.15, 0.2) is 6.54 Å². The minimum atomic E-state index is -0.524. The number of benzene rings is 1. The van der Waals surface area contributed by atoms with Crippen molar-refractivity contribution in [2.75, 3.05) is 31.6 Å². The number of ether oxygens (including phenoxy) is 1. The molecule has 0 saturated carbocycles.